The largest absolute Gasteiger partial charge is 0.337 e. The molecule has 1 spiro atoms. The number of amides is 4. The van der Waals surface area contributed by atoms with Crippen molar-refractivity contribution in [3.63, 3.8) is 0 Å². The Morgan fingerprint density at radius 3 is 2.57 bits per heavy atom. The molecule has 6 heteroatoms. The van der Waals surface area contributed by atoms with Gasteiger partial charge in [-0.05, 0) is 48.3 Å². The van der Waals surface area contributed by atoms with Crippen LogP contribution < -0.4 is 5.32 Å². The zero-order valence-electron chi connectivity index (χ0n) is 16.8. The van der Waals surface area contributed by atoms with Crippen LogP contribution >= 0.6 is 0 Å². The molecule has 1 aliphatic heterocycles. The number of aryl methyl sites for hydroxylation is 1. The number of hydrogen-bond acceptors (Lipinski definition) is 3. The third-order valence-corrected chi connectivity index (χ3v) is 6.46. The summed E-state index contributed by atoms with van der Waals surface area (Å²) in [6.07, 6.45) is 3.53. The summed E-state index contributed by atoms with van der Waals surface area (Å²) in [7, 11) is 0. The highest BCUT2D eigenvalue weighted by Crippen LogP contribution is 2.41. The fourth-order valence-electron chi connectivity index (χ4n) is 4.64. The highest BCUT2D eigenvalue weighted by Gasteiger charge is 2.55. The molecule has 5 rings (SSSR count). The number of fused-ring (bicyclic) bond motifs is 2. The Kier molecular flexibility index (Phi) is 4.57. The lowest BCUT2D eigenvalue weighted by Crippen LogP contribution is -2.45. The quantitative estimate of drug-likeness (QED) is 0.754. The Balaban J connectivity index is 1.34. The molecule has 0 aromatic heterocycles. The molecule has 154 valence electrons. The summed E-state index contributed by atoms with van der Waals surface area (Å²) in [5.74, 6) is 0.0308. The summed E-state index contributed by atoms with van der Waals surface area (Å²) in [4.78, 5) is 42.1. The average molecular weight is 403 g/mol. The van der Waals surface area contributed by atoms with Gasteiger partial charge >= 0.3 is 6.03 Å². The van der Waals surface area contributed by atoms with E-state index in [1.165, 1.54) is 0 Å². The SMILES string of the molecule is O=C(CN1C(=O)N[C@]2(CCc3ccccc32)C1=O)N(Cc1ccccc1)CC1CC1. The molecular formula is C24H25N3O3. The van der Waals surface area contributed by atoms with Crippen molar-refractivity contribution in [3.05, 3.63) is 71.3 Å². The highest BCUT2D eigenvalue weighted by molar-refractivity contribution is 6.09. The van der Waals surface area contributed by atoms with Crippen LogP contribution in [0, 0.1) is 5.92 Å². The molecule has 1 saturated carbocycles. The molecule has 1 saturated heterocycles. The number of rotatable bonds is 6. The summed E-state index contributed by atoms with van der Waals surface area (Å²) in [5, 5.41) is 2.90. The number of imide groups is 1. The van der Waals surface area contributed by atoms with Crippen LogP contribution in [-0.4, -0.2) is 40.7 Å². The Hall–Kier alpha value is -3.15. The molecule has 0 radical (unpaired) electrons. The lowest BCUT2D eigenvalue weighted by molar-refractivity contribution is -0.139. The van der Waals surface area contributed by atoms with Crippen molar-refractivity contribution in [1.82, 2.24) is 15.1 Å². The maximum absolute atomic E-state index is 13.3. The summed E-state index contributed by atoms with van der Waals surface area (Å²) in [6.45, 7) is 0.952. The number of nitrogens with one attached hydrogen (secondary N) is 1. The minimum Gasteiger partial charge on any atom is -0.337 e. The van der Waals surface area contributed by atoms with Crippen molar-refractivity contribution in [1.29, 1.82) is 0 Å². The maximum Gasteiger partial charge on any atom is 0.325 e. The molecule has 6 nitrogen and oxygen atoms in total. The van der Waals surface area contributed by atoms with Gasteiger partial charge in [-0.1, -0.05) is 54.6 Å². The zero-order chi connectivity index (χ0) is 20.7. The van der Waals surface area contributed by atoms with Crippen LogP contribution in [0.2, 0.25) is 0 Å². The van der Waals surface area contributed by atoms with Crippen molar-refractivity contribution in [2.24, 2.45) is 5.92 Å². The van der Waals surface area contributed by atoms with Crippen LogP contribution in [0.15, 0.2) is 54.6 Å². The average Bonchev–Trinajstić information content (AvgIpc) is 3.46. The predicted octanol–water partition coefficient (Wildman–Crippen LogP) is 2.82. The second-order valence-corrected chi connectivity index (χ2v) is 8.59. The van der Waals surface area contributed by atoms with Gasteiger partial charge in [-0.2, -0.15) is 0 Å². The van der Waals surface area contributed by atoms with Crippen LogP contribution in [0.3, 0.4) is 0 Å². The van der Waals surface area contributed by atoms with E-state index in [1.54, 1.807) is 4.90 Å². The second kappa shape index (κ2) is 7.27. The summed E-state index contributed by atoms with van der Waals surface area (Å²) < 4.78 is 0. The number of carbonyl (C=O) groups is 3. The zero-order valence-corrected chi connectivity index (χ0v) is 16.8. The molecule has 1 atom stereocenters. The van der Waals surface area contributed by atoms with Gasteiger partial charge in [0.15, 0.2) is 0 Å². The van der Waals surface area contributed by atoms with E-state index in [2.05, 4.69) is 5.32 Å². The normalized spacial score (nSPS) is 22.3. The van der Waals surface area contributed by atoms with E-state index in [0.29, 0.717) is 25.4 Å². The van der Waals surface area contributed by atoms with Gasteiger partial charge < -0.3 is 10.2 Å². The van der Waals surface area contributed by atoms with E-state index in [9.17, 15) is 14.4 Å². The first-order valence-corrected chi connectivity index (χ1v) is 10.6. The monoisotopic (exact) mass is 403 g/mol. The molecule has 3 aliphatic rings. The molecule has 1 heterocycles. The van der Waals surface area contributed by atoms with Crippen molar-refractivity contribution in [2.75, 3.05) is 13.1 Å². The van der Waals surface area contributed by atoms with Crippen molar-refractivity contribution in [2.45, 2.75) is 37.8 Å². The fraction of sp³-hybridized carbons (Fsp3) is 0.375. The fourth-order valence-corrected chi connectivity index (χ4v) is 4.64. The van der Waals surface area contributed by atoms with Gasteiger partial charge in [0.2, 0.25) is 5.91 Å². The topological polar surface area (TPSA) is 69.7 Å². The van der Waals surface area contributed by atoms with Crippen LogP contribution in [0.5, 0.6) is 0 Å². The standard InChI is InChI=1S/C24H25N3O3/c28-21(26(15-18-10-11-18)14-17-6-2-1-3-7-17)16-27-22(29)24(25-23(27)30)13-12-19-8-4-5-9-20(19)24/h1-9,18H,10-16H2,(H,25,30)/t24-/m0/s1. The molecule has 4 amide bonds. The van der Waals surface area contributed by atoms with E-state index in [4.69, 9.17) is 0 Å². The molecular weight excluding hydrogens is 378 g/mol. The first kappa shape index (κ1) is 18.9. The molecule has 2 aliphatic carbocycles. The number of urea groups is 1. The van der Waals surface area contributed by atoms with Crippen LogP contribution in [0.1, 0.15) is 36.0 Å². The van der Waals surface area contributed by atoms with Gasteiger partial charge in [0.05, 0.1) is 0 Å². The summed E-state index contributed by atoms with van der Waals surface area (Å²) >= 11 is 0. The lowest BCUT2D eigenvalue weighted by atomic mass is 9.92. The first-order valence-electron chi connectivity index (χ1n) is 10.6. The van der Waals surface area contributed by atoms with Crippen molar-refractivity contribution >= 4 is 17.8 Å². The number of carbonyl (C=O) groups excluding carboxylic acids is 3. The smallest absolute Gasteiger partial charge is 0.325 e. The summed E-state index contributed by atoms with van der Waals surface area (Å²) in [6, 6.07) is 17.1. The third-order valence-electron chi connectivity index (χ3n) is 6.46. The van der Waals surface area contributed by atoms with E-state index >= 15 is 0 Å². The van der Waals surface area contributed by atoms with E-state index in [-0.39, 0.29) is 18.4 Å². The van der Waals surface area contributed by atoms with Crippen LogP contribution in [-0.2, 0) is 28.1 Å². The number of benzene rings is 2. The molecule has 0 unspecified atom stereocenters. The van der Waals surface area contributed by atoms with Gasteiger partial charge in [-0.3, -0.25) is 14.5 Å². The van der Waals surface area contributed by atoms with Gasteiger partial charge in [-0.25, -0.2) is 4.79 Å². The third kappa shape index (κ3) is 3.26. The Bertz CT molecular complexity index is 1000. The van der Waals surface area contributed by atoms with Gasteiger partial charge in [0, 0.05) is 13.1 Å². The predicted molar refractivity (Wildman–Crippen MR) is 111 cm³/mol. The molecule has 0 bridgehead atoms. The van der Waals surface area contributed by atoms with Crippen molar-refractivity contribution < 1.29 is 14.4 Å². The van der Waals surface area contributed by atoms with Crippen LogP contribution in [0.4, 0.5) is 4.79 Å². The maximum atomic E-state index is 13.3. The Morgan fingerprint density at radius 1 is 1.07 bits per heavy atom. The minimum absolute atomic E-state index is 0.183. The molecule has 2 aromatic carbocycles. The number of hydrogen-bond donors (Lipinski definition) is 1. The van der Waals surface area contributed by atoms with Gasteiger partial charge in [0.1, 0.15) is 12.1 Å². The molecule has 2 aromatic rings. The van der Waals surface area contributed by atoms with E-state index in [1.807, 2.05) is 54.6 Å². The Morgan fingerprint density at radius 2 is 1.80 bits per heavy atom. The van der Waals surface area contributed by atoms with Crippen LogP contribution in [0.25, 0.3) is 0 Å². The number of nitrogens with zero attached hydrogens (tertiary/aromatic N) is 2. The first-order chi connectivity index (χ1) is 14.6. The molecule has 2 fully saturated rings. The summed E-state index contributed by atoms with van der Waals surface area (Å²) in [5.41, 5.74) is 1.97. The lowest BCUT2D eigenvalue weighted by Gasteiger charge is -2.26. The van der Waals surface area contributed by atoms with Gasteiger partial charge in [0.25, 0.3) is 5.91 Å². The minimum atomic E-state index is -1.02. The second-order valence-electron chi connectivity index (χ2n) is 8.59. The molecule has 1 N–H and O–H groups in total. The van der Waals surface area contributed by atoms with Gasteiger partial charge in [-0.15, -0.1) is 0 Å². The van der Waals surface area contributed by atoms with E-state index in [0.717, 1.165) is 40.9 Å². The molecule has 30 heavy (non-hydrogen) atoms. The highest BCUT2D eigenvalue weighted by atomic mass is 16.2. The Labute approximate surface area is 175 Å². The van der Waals surface area contributed by atoms with Crippen molar-refractivity contribution in [3.8, 4) is 0 Å². The van der Waals surface area contributed by atoms with E-state index < -0.39 is 11.6 Å².